The van der Waals surface area contributed by atoms with Gasteiger partial charge in [0.15, 0.2) is 0 Å². The summed E-state index contributed by atoms with van der Waals surface area (Å²) in [5, 5.41) is 20.9. The zero-order chi connectivity index (χ0) is 15.2. The quantitative estimate of drug-likeness (QED) is 0.782. The monoisotopic (exact) mass is 285 g/mol. The highest BCUT2D eigenvalue weighted by molar-refractivity contribution is 5.89. The van der Waals surface area contributed by atoms with Crippen LogP contribution in [0.4, 0.5) is 0 Å². The number of carbonyl (C=O) groups is 2. The summed E-state index contributed by atoms with van der Waals surface area (Å²) >= 11 is 0. The molecule has 2 aromatic rings. The lowest BCUT2D eigenvalue weighted by Gasteiger charge is -2.05. The summed E-state index contributed by atoms with van der Waals surface area (Å²) < 4.78 is 1.73. The van der Waals surface area contributed by atoms with Gasteiger partial charge in [-0.2, -0.15) is 5.26 Å². The van der Waals surface area contributed by atoms with E-state index in [9.17, 15) is 9.59 Å². The molecule has 0 spiro atoms. The van der Waals surface area contributed by atoms with E-state index in [0.29, 0.717) is 12.1 Å². The molecule has 0 saturated carbocycles. The average Bonchev–Trinajstić information content (AvgIpc) is 2.77. The third kappa shape index (κ3) is 3.60. The van der Waals surface area contributed by atoms with Crippen LogP contribution in [0.1, 0.15) is 12.0 Å². The normalized spacial score (nSPS) is 10.2. The highest BCUT2D eigenvalue weighted by Gasteiger charge is 2.12. The van der Waals surface area contributed by atoms with Crippen molar-refractivity contribution < 1.29 is 14.7 Å². The molecule has 0 radical (unpaired) electrons. The maximum Gasteiger partial charge on any atom is 0.307 e. The average molecular weight is 285 g/mol. The Labute approximate surface area is 121 Å². The van der Waals surface area contributed by atoms with Crippen molar-refractivity contribution in [1.29, 1.82) is 5.26 Å². The van der Waals surface area contributed by atoms with Crippen LogP contribution in [0.15, 0.2) is 30.5 Å². The minimum absolute atomic E-state index is 0.0798. The Kier molecular flexibility index (Phi) is 4.57. The molecule has 1 amide bonds. The predicted molar refractivity (Wildman–Crippen MR) is 76.5 cm³/mol. The van der Waals surface area contributed by atoms with Crippen LogP contribution in [-0.2, 0) is 22.6 Å². The van der Waals surface area contributed by atoms with Crippen molar-refractivity contribution in [1.82, 2.24) is 9.88 Å². The molecule has 1 heterocycles. The Morgan fingerprint density at radius 3 is 2.81 bits per heavy atom. The highest BCUT2D eigenvalue weighted by Crippen LogP contribution is 2.21. The van der Waals surface area contributed by atoms with E-state index in [2.05, 4.69) is 5.32 Å². The van der Waals surface area contributed by atoms with E-state index >= 15 is 0 Å². The summed E-state index contributed by atoms with van der Waals surface area (Å²) in [5.41, 5.74) is 1.51. The number of aliphatic carboxylic acids is 1. The summed E-state index contributed by atoms with van der Waals surface area (Å²) in [7, 11) is 0. The molecular weight excluding hydrogens is 270 g/mol. The van der Waals surface area contributed by atoms with Crippen molar-refractivity contribution in [3.8, 4) is 6.07 Å². The van der Waals surface area contributed by atoms with Crippen LogP contribution in [0.25, 0.3) is 10.9 Å². The molecule has 21 heavy (non-hydrogen) atoms. The number of carbonyl (C=O) groups excluding carboxylic acids is 1. The number of nitriles is 1. The number of hydrogen-bond acceptors (Lipinski definition) is 3. The van der Waals surface area contributed by atoms with E-state index in [1.54, 1.807) is 10.8 Å². The standard InChI is InChI=1S/C15H15N3O3/c16-6-3-7-17-14(19)10-18-9-11(8-15(20)21)12-4-1-2-5-13(12)18/h1-2,4-5,9H,3,7-8,10H2,(H,17,19)(H,20,21). The minimum atomic E-state index is -0.906. The molecule has 0 aliphatic rings. The zero-order valence-electron chi connectivity index (χ0n) is 11.4. The number of para-hydroxylation sites is 1. The van der Waals surface area contributed by atoms with E-state index in [0.717, 1.165) is 10.9 Å². The van der Waals surface area contributed by atoms with Crippen LogP contribution >= 0.6 is 0 Å². The maximum atomic E-state index is 11.8. The SMILES string of the molecule is N#CCCNC(=O)Cn1cc(CC(=O)O)c2ccccc21. The topological polar surface area (TPSA) is 95.1 Å². The molecule has 0 aliphatic carbocycles. The number of rotatable bonds is 6. The Bertz CT molecular complexity index is 713. The number of benzene rings is 1. The van der Waals surface area contributed by atoms with E-state index in [4.69, 9.17) is 10.4 Å². The summed E-state index contributed by atoms with van der Waals surface area (Å²) in [6.07, 6.45) is 1.88. The minimum Gasteiger partial charge on any atom is -0.481 e. The molecule has 2 N–H and O–H groups in total. The number of amides is 1. The van der Waals surface area contributed by atoms with E-state index in [1.807, 2.05) is 30.3 Å². The lowest BCUT2D eigenvalue weighted by molar-refractivity contribution is -0.136. The first-order valence-electron chi connectivity index (χ1n) is 6.54. The predicted octanol–water partition coefficient (Wildman–Crippen LogP) is 1.30. The summed E-state index contributed by atoms with van der Waals surface area (Å²) in [6.45, 7) is 0.419. The fourth-order valence-corrected chi connectivity index (χ4v) is 2.23. The van der Waals surface area contributed by atoms with Crippen LogP contribution in [0, 0.1) is 11.3 Å². The van der Waals surface area contributed by atoms with E-state index in [1.165, 1.54) is 0 Å². The Morgan fingerprint density at radius 2 is 2.10 bits per heavy atom. The van der Waals surface area contributed by atoms with Gasteiger partial charge in [-0.1, -0.05) is 18.2 Å². The van der Waals surface area contributed by atoms with Gasteiger partial charge in [0.2, 0.25) is 5.91 Å². The van der Waals surface area contributed by atoms with Crippen LogP contribution in [-0.4, -0.2) is 28.1 Å². The second-order valence-electron chi connectivity index (χ2n) is 4.63. The Balaban J connectivity index is 2.21. The molecule has 6 heteroatoms. The molecule has 0 bridgehead atoms. The van der Waals surface area contributed by atoms with Gasteiger partial charge in [-0.25, -0.2) is 0 Å². The molecule has 6 nitrogen and oxygen atoms in total. The number of nitrogens with zero attached hydrogens (tertiary/aromatic N) is 2. The van der Waals surface area contributed by atoms with Crippen molar-refractivity contribution in [2.45, 2.75) is 19.4 Å². The second-order valence-corrected chi connectivity index (χ2v) is 4.63. The van der Waals surface area contributed by atoms with Crippen LogP contribution in [0.3, 0.4) is 0 Å². The third-order valence-electron chi connectivity index (χ3n) is 3.09. The van der Waals surface area contributed by atoms with Crippen LogP contribution in [0.2, 0.25) is 0 Å². The molecule has 0 unspecified atom stereocenters. The first-order chi connectivity index (χ1) is 10.1. The van der Waals surface area contributed by atoms with Crippen LogP contribution < -0.4 is 5.32 Å². The lowest BCUT2D eigenvalue weighted by atomic mass is 10.1. The summed E-state index contributed by atoms with van der Waals surface area (Å²) in [5.74, 6) is -1.11. The third-order valence-corrected chi connectivity index (χ3v) is 3.09. The largest absolute Gasteiger partial charge is 0.481 e. The lowest BCUT2D eigenvalue weighted by Crippen LogP contribution is -2.28. The van der Waals surface area contributed by atoms with Crippen molar-refractivity contribution in [3.05, 3.63) is 36.0 Å². The van der Waals surface area contributed by atoms with Gasteiger partial charge in [0.25, 0.3) is 0 Å². The van der Waals surface area contributed by atoms with Crippen LogP contribution in [0.5, 0.6) is 0 Å². The molecule has 108 valence electrons. The fraction of sp³-hybridized carbons (Fsp3) is 0.267. The van der Waals surface area contributed by atoms with Crippen molar-refractivity contribution >= 4 is 22.8 Å². The Hall–Kier alpha value is -2.81. The van der Waals surface area contributed by atoms with Gasteiger partial charge in [-0.05, 0) is 11.6 Å². The van der Waals surface area contributed by atoms with Gasteiger partial charge in [0, 0.05) is 23.6 Å². The number of aromatic nitrogens is 1. The molecule has 1 aromatic heterocycles. The zero-order valence-corrected chi connectivity index (χ0v) is 11.4. The summed E-state index contributed by atoms with van der Waals surface area (Å²) in [4.78, 5) is 22.7. The Morgan fingerprint density at radius 1 is 1.33 bits per heavy atom. The second kappa shape index (κ2) is 6.57. The van der Waals surface area contributed by atoms with Gasteiger partial charge < -0.3 is 15.0 Å². The van der Waals surface area contributed by atoms with Crippen molar-refractivity contribution in [2.24, 2.45) is 0 Å². The fourth-order valence-electron chi connectivity index (χ4n) is 2.23. The van der Waals surface area contributed by atoms with Gasteiger partial charge >= 0.3 is 5.97 Å². The highest BCUT2D eigenvalue weighted by atomic mass is 16.4. The first-order valence-corrected chi connectivity index (χ1v) is 6.54. The number of carboxylic acid groups (broad SMARTS) is 1. The molecule has 0 aliphatic heterocycles. The van der Waals surface area contributed by atoms with Crippen molar-refractivity contribution in [2.75, 3.05) is 6.54 Å². The molecular formula is C15H15N3O3. The molecule has 2 rings (SSSR count). The van der Waals surface area contributed by atoms with Gasteiger partial charge in [-0.3, -0.25) is 9.59 Å². The van der Waals surface area contributed by atoms with Gasteiger partial charge in [-0.15, -0.1) is 0 Å². The first kappa shape index (κ1) is 14.6. The van der Waals surface area contributed by atoms with Gasteiger partial charge in [0.05, 0.1) is 18.9 Å². The number of carboxylic acids is 1. The van der Waals surface area contributed by atoms with Gasteiger partial charge in [0.1, 0.15) is 6.54 Å². The molecule has 1 aromatic carbocycles. The van der Waals surface area contributed by atoms with E-state index in [-0.39, 0.29) is 25.3 Å². The smallest absolute Gasteiger partial charge is 0.307 e. The number of nitrogens with one attached hydrogen (secondary N) is 1. The molecule has 0 fully saturated rings. The molecule has 0 atom stereocenters. The maximum absolute atomic E-state index is 11.8. The summed E-state index contributed by atoms with van der Waals surface area (Å²) in [6, 6.07) is 9.33. The van der Waals surface area contributed by atoms with E-state index < -0.39 is 5.97 Å². The number of fused-ring (bicyclic) bond motifs is 1. The number of hydrogen-bond donors (Lipinski definition) is 2. The van der Waals surface area contributed by atoms with Crippen molar-refractivity contribution in [3.63, 3.8) is 0 Å². The molecule has 0 saturated heterocycles.